The molecule has 6 heteroatoms. The molecule has 1 aromatic heterocycles. The van der Waals surface area contributed by atoms with Gasteiger partial charge in [0.2, 0.25) is 5.95 Å². The number of anilines is 2. The van der Waals surface area contributed by atoms with E-state index in [1.54, 1.807) is 6.20 Å². The summed E-state index contributed by atoms with van der Waals surface area (Å²) in [5.74, 6) is 0.667. The van der Waals surface area contributed by atoms with Crippen molar-refractivity contribution < 1.29 is 0 Å². The van der Waals surface area contributed by atoms with E-state index in [1.165, 1.54) is 0 Å². The standard InChI is InChI=1S/C5H8N4.2ClH/c1-3-2-8-5(7)9-4(3)6;;/h2H,1H3,(H4,6,7,8,9);2*1H. The van der Waals surface area contributed by atoms with Gasteiger partial charge in [-0.2, -0.15) is 4.98 Å². The number of aromatic nitrogens is 2. The maximum atomic E-state index is 5.39. The molecule has 0 radical (unpaired) electrons. The summed E-state index contributed by atoms with van der Waals surface area (Å²) in [6.45, 7) is 1.83. The van der Waals surface area contributed by atoms with E-state index in [0.29, 0.717) is 5.82 Å². The van der Waals surface area contributed by atoms with Gasteiger partial charge in [-0.05, 0) is 6.92 Å². The van der Waals surface area contributed by atoms with Gasteiger partial charge >= 0.3 is 0 Å². The first-order valence-corrected chi connectivity index (χ1v) is 2.55. The zero-order valence-electron chi connectivity index (χ0n) is 5.94. The van der Waals surface area contributed by atoms with Crippen molar-refractivity contribution in [1.29, 1.82) is 0 Å². The van der Waals surface area contributed by atoms with Gasteiger partial charge in [-0.15, -0.1) is 24.8 Å². The Bertz CT molecular complexity index is 228. The van der Waals surface area contributed by atoms with E-state index >= 15 is 0 Å². The fourth-order valence-corrected chi connectivity index (χ4v) is 0.470. The van der Waals surface area contributed by atoms with E-state index in [2.05, 4.69) is 9.97 Å². The van der Waals surface area contributed by atoms with Gasteiger partial charge in [0, 0.05) is 11.8 Å². The van der Waals surface area contributed by atoms with Gasteiger partial charge in [-0.25, -0.2) is 4.98 Å². The van der Waals surface area contributed by atoms with Crippen LogP contribution < -0.4 is 11.5 Å². The molecule has 4 nitrogen and oxygen atoms in total. The number of hydrogen-bond donors (Lipinski definition) is 2. The molecule has 0 aliphatic rings. The highest BCUT2D eigenvalue weighted by Crippen LogP contribution is 2.04. The van der Waals surface area contributed by atoms with Crippen molar-refractivity contribution in [3.8, 4) is 0 Å². The molecular formula is C5H10Cl2N4. The predicted molar refractivity (Wildman–Crippen MR) is 50.1 cm³/mol. The van der Waals surface area contributed by atoms with Crippen LogP contribution in [0.4, 0.5) is 11.8 Å². The highest BCUT2D eigenvalue weighted by atomic mass is 35.5. The largest absolute Gasteiger partial charge is 0.383 e. The summed E-state index contributed by atoms with van der Waals surface area (Å²) in [6.07, 6.45) is 1.59. The van der Waals surface area contributed by atoms with E-state index in [4.69, 9.17) is 11.5 Å². The van der Waals surface area contributed by atoms with Crippen LogP contribution in [-0.2, 0) is 0 Å². The van der Waals surface area contributed by atoms with E-state index in [-0.39, 0.29) is 30.8 Å². The monoisotopic (exact) mass is 196 g/mol. The van der Waals surface area contributed by atoms with Crippen LogP contribution in [0.25, 0.3) is 0 Å². The molecule has 0 unspecified atom stereocenters. The average molecular weight is 197 g/mol. The molecule has 0 fully saturated rings. The number of nitrogens with zero attached hydrogens (tertiary/aromatic N) is 2. The third-order valence-electron chi connectivity index (χ3n) is 1.03. The Morgan fingerprint density at radius 1 is 1.27 bits per heavy atom. The van der Waals surface area contributed by atoms with Crippen LogP contribution in [-0.4, -0.2) is 9.97 Å². The lowest BCUT2D eigenvalue weighted by Crippen LogP contribution is -2.00. The maximum Gasteiger partial charge on any atom is 0.221 e. The van der Waals surface area contributed by atoms with Crippen molar-refractivity contribution >= 4 is 36.6 Å². The Kier molecular flexibility index (Phi) is 5.84. The summed E-state index contributed by atoms with van der Waals surface area (Å²) < 4.78 is 0. The number of hydrogen-bond acceptors (Lipinski definition) is 4. The highest BCUT2D eigenvalue weighted by Gasteiger charge is 1.93. The Morgan fingerprint density at radius 3 is 2.18 bits per heavy atom. The van der Waals surface area contributed by atoms with Gasteiger partial charge in [-0.1, -0.05) is 0 Å². The van der Waals surface area contributed by atoms with Gasteiger partial charge in [-0.3, -0.25) is 0 Å². The second-order valence-electron chi connectivity index (χ2n) is 1.80. The quantitative estimate of drug-likeness (QED) is 0.644. The summed E-state index contributed by atoms with van der Waals surface area (Å²) >= 11 is 0. The third-order valence-corrected chi connectivity index (χ3v) is 1.03. The fraction of sp³-hybridized carbons (Fsp3) is 0.200. The minimum atomic E-state index is 0. The zero-order chi connectivity index (χ0) is 6.85. The molecule has 64 valence electrons. The van der Waals surface area contributed by atoms with Gasteiger partial charge in [0.1, 0.15) is 5.82 Å². The Morgan fingerprint density at radius 2 is 1.82 bits per heavy atom. The molecule has 1 aromatic rings. The van der Waals surface area contributed by atoms with Crippen molar-refractivity contribution in [3.05, 3.63) is 11.8 Å². The Balaban J connectivity index is 0. The van der Waals surface area contributed by atoms with Crippen molar-refractivity contribution in [1.82, 2.24) is 9.97 Å². The topological polar surface area (TPSA) is 77.8 Å². The van der Waals surface area contributed by atoms with Crippen LogP contribution in [0.5, 0.6) is 0 Å². The van der Waals surface area contributed by atoms with Crippen molar-refractivity contribution in [2.24, 2.45) is 0 Å². The minimum absolute atomic E-state index is 0. The van der Waals surface area contributed by atoms with E-state index in [9.17, 15) is 0 Å². The van der Waals surface area contributed by atoms with Gasteiger partial charge in [0.15, 0.2) is 0 Å². The van der Waals surface area contributed by atoms with Gasteiger partial charge in [0.25, 0.3) is 0 Å². The molecule has 0 spiro atoms. The first-order valence-electron chi connectivity index (χ1n) is 2.55. The molecule has 11 heavy (non-hydrogen) atoms. The van der Waals surface area contributed by atoms with Crippen LogP contribution in [0.15, 0.2) is 6.20 Å². The number of halogens is 2. The predicted octanol–water partition coefficient (Wildman–Crippen LogP) is 0.793. The molecule has 0 aliphatic heterocycles. The molecule has 0 bridgehead atoms. The summed E-state index contributed by atoms with van der Waals surface area (Å²) in [4.78, 5) is 7.44. The smallest absolute Gasteiger partial charge is 0.221 e. The lowest BCUT2D eigenvalue weighted by atomic mass is 10.4. The number of aryl methyl sites for hydroxylation is 1. The van der Waals surface area contributed by atoms with Crippen LogP contribution in [0, 0.1) is 6.92 Å². The van der Waals surface area contributed by atoms with Crippen molar-refractivity contribution in [2.75, 3.05) is 11.5 Å². The number of nitrogens with two attached hydrogens (primary N) is 2. The molecule has 4 N–H and O–H groups in total. The van der Waals surface area contributed by atoms with E-state index in [1.807, 2.05) is 6.92 Å². The third kappa shape index (κ3) is 3.25. The van der Waals surface area contributed by atoms with Crippen molar-refractivity contribution in [3.63, 3.8) is 0 Å². The lowest BCUT2D eigenvalue weighted by molar-refractivity contribution is 1.16. The van der Waals surface area contributed by atoms with Gasteiger partial charge in [0.05, 0.1) is 0 Å². The summed E-state index contributed by atoms with van der Waals surface area (Å²) in [7, 11) is 0. The van der Waals surface area contributed by atoms with Crippen LogP contribution in [0.3, 0.4) is 0 Å². The SMILES string of the molecule is Cc1cnc(N)nc1N.Cl.Cl. The normalized spacial score (nSPS) is 7.73. The molecule has 0 saturated carbocycles. The second-order valence-corrected chi connectivity index (χ2v) is 1.80. The number of nitrogen functional groups attached to an aromatic ring is 2. The molecule has 0 saturated heterocycles. The molecule has 0 atom stereocenters. The van der Waals surface area contributed by atoms with Crippen LogP contribution in [0.1, 0.15) is 5.56 Å². The Hall–Kier alpha value is -0.740. The summed E-state index contributed by atoms with van der Waals surface area (Å²) in [6, 6.07) is 0. The first-order chi connectivity index (χ1) is 4.20. The molecule has 0 amide bonds. The molecule has 0 aliphatic carbocycles. The van der Waals surface area contributed by atoms with Gasteiger partial charge < -0.3 is 11.5 Å². The molecular weight excluding hydrogens is 187 g/mol. The van der Waals surface area contributed by atoms with E-state index in [0.717, 1.165) is 5.56 Å². The second kappa shape index (κ2) is 4.98. The van der Waals surface area contributed by atoms with Crippen LogP contribution >= 0.6 is 24.8 Å². The minimum Gasteiger partial charge on any atom is -0.383 e. The average Bonchev–Trinajstić information content (AvgIpc) is 1.80. The molecule has 0 aromatic carbocycles. The summed E-state index contributed by atoms with van der Waals surface area (Å²) in [5.41, 5.74) is 11.5. The maximum absolute atomic E-state index is 5.39. The van der Waals surface area contributed by atoms with Crippen molar-refractivity contribution in [2.45, 2.75) is 6.92 Å². The first kappa shape index (κ1) is 12.9. The fourth-order valence-electron chi connectivity index (χ4n) is 0.470. The number of rotatable bonds is 0. The van der Waals surface area contributed by atoms with E-state index < -0.39 is 0 Å². The Labute approximate surface area is 77.2 Å². The highest BCUT2D eigenvalue weighted by molar-refractivity contribution is 5.85. The molecule has 1 heterocycles. The molecule has 1 rings (SSSR count). The summed E-state index contributed by atoms with van der Waals surface area (Å²) in [5, 5.41) is 0. The zero-order valence-corrected chi connectivity index (χ0v) is 7.58. The lowest BCUT2D eigenvalue weighted by Gasteiger charge is -1.96. The van der Waals surface area contributed by atoms with Crippen LogP contribution in [0.2, 0.25) is 0 Å².